The molecule has 0 bridgehead atoms. The number of pyridine rings is 1. The fraction of sp³-hybridized carbons (Fsp3) is 0.133. The average Bonchev–Trinajstić information content (AvgIpc) is 2.84. The van der Waals surface area contributed by atoms with E-state index >= 15 is 0 Å². The minimum absolute atomic E-state index is 0.262. The quantitative estimate of drug-likeness (QED) is 0.729. The highest BCUT2D eigenvalue weighted by atomic mass is 32.1. The maximum Gasteiger partial charge on any atom is 0.260 e. The lowest BCUT2D eigenvalue weighted by Gasteiger charge is -2.07. The number of hydrogen-bond acceptors (Lipinski definition) is 3. The third-order valence-corrected chi connectivity index (χ3v) is 3.60. The van der Waals surface area contributed by atoms with Crippen molar-refractivity contribution in [1.29, 1.82) is 0 Å². The zero-order valence-electron chi connectivity index (χ0n) is 11.5. The Hall–Kier alpha value is -2.47. The van der Waals surface area contributed by atoms with Crippen LogP contribution in [-0.4, -0.2) is 20.4 Å². The average molecular weight is 298 g/mol. The summed E-state index contributed by atoms with van der Waals surface area (Å²) in [5.41, 5.74) is 2.28. The van der Waals surface area contributed by atoms with E-state index in [0.717, 1.165) is 17.6 Å². The molecule has 106 valence electrons. The standard InChI is InChI=1S/C15H14N4OS/c1-2-19-12-8-4-3-7-11(12)17-15(19)18-13(20)10-6-5-9-16-14(10)21/h3-9H,2H2,1H3,(H,16,21)(H,17,18,20). The summed E-state index contributed by atoms with van der Waals surface area (Å²) in [5.74, 6) is 0.267. The van der Waals surface area contributed by atoms with E-state index in [1.165, 1.54) is 0 Å². The maximum absolute atomic E-state index is 12.3. The fourth-order valence-electron chi connectivity index (χ4n) is 2.26. The second-order valence-electron chi connectivity index (χ2n) is 4.54. The van der Waals surface area contributed by atoms with Gasteiger partial charge in [0.15, 0.2) is 0 Å². The molecule has 0 spiro atoms. The predicted molar refractivity (Wildman–Crippen MR) is 85.0 cm³/mol. The number of nitrogens with one attached hydrogen (secondary N) is 2. The van der Waals surface area contributed by atoms with Crippen LogP contribution in [0.4, 0.5) is 5.95 Å². The highest BCUT2D eigenvalue weighted by Crippen LogP contribution is 2.19. The second-order valence-corrected chi connectivity index (χ2v) is 4.94. The van der Waals surface area contributed by atoms with Crippen LogP contribution in [0.15, 0.2) is 42.6 Å². The minimum atomic E-state index is -0.262. The van der Waals surface area contributed by atoms with Gasteiger partial charge in [0.2, 0.25) is 5.95 Å². The third kappa shape index (κ3) is 2.45. The van der Waals surface area contributed by atoms with Gasteiger partial charge in [0.05, 0.1) is 16.6 Å². The zero-order valence-corrected chi connectivity index (χ0v) is 12.3. The Morgan fingerprint density at radius 3 is 2.90 bits per heavy atom. The van der Waals surface area contributed by atoms with Crippen molar-refractivity contribution in [2.45, 2.75) is 13.5 Å². The molecule has 3 aromatic rings. The van der Waals surface area contributed by atoms with Gasteiger partial charge in [-0.25, -0.2) is 4.98 Å². The Balaban J connectivity index is 2.00. The van der Waals surface area contributed by atoms with Gasteiger partial charge in [-0.1, -0.05) is 24.4 Å². The molecule has 0 radical (unpaired) electrons. The molecule has 2 aromatic heterocycles. The number of aryl methyl sites for hydroxylation is 1. The number of hydrogen-bond donors (Lipinski definition) is 2. The van der Waals surface area contributed by atoms with Crippen LogP contribution in [0.2, 0.25) is 0 Å². The van der Waals surface area contributed by atoms with Crippen molar-refractivity contribution in [3.63, 3.8) is 0 Å². The number of benzene rings is 1. The molecule has 2 heterocycles. The molecule has 0 saturated carbocycles. The number of carbonyl (C=O) groups excluding carboxylic acids is 1. The molecule has 2 N–H and O–H groups in total. The van der Waals surface area contributed by atoms with Crippen LogP contribution in [0.25, 0.3) is 11.0 Å². The van der Waals surface area contributed by atoms with Crippen LogP contribution < -0.4 is 5.32 Å². The lowest BCUT2D eigenvalue weighted by molar-refractivity contribution is 0.102. The van der Waals surface area contributed by atoms with E-state index in [0.29, 0.717) is 16.2 Å². The maximum atomic E-state index is 12.3. The van der Waals surface area contributed by atoms with Gasteiger partial charge < -0.3 is 9.55 Å². The van der Waals surface area contributed by atoms with E-state index in [1.807, 2.05) is 35.8 Å². The first-order valence-corrected chi connectivity index (χ1v) is 7.06. The van der Waals surface area contributed by atoms with E-state index in [4.69, 9.17) is 12.2 Å². The van der Waals surface area contributed by atoms with Gasteiger partial charge in [-0.3, -0.25) is 10.1 Å². The number of H-pyrrole nitrogens is 1. The number of imidazole rings is 1. The van der Waals surface area contributed by atoms with Gasteiger partial charge in [0, 0.05) is 12.7 Å². The van der Waals surface area contributed by atoms with Gasteiger partial charge in [0.25, 0.3) is 5.91 Å². The van der Waals surface area contributed by atoms with E-state index in [-0.39, 0.29) is 5.91 Å². The van der Waals surface area contributed by atoms with Crippen LogP contribution in [-0.2, 0) is 6.54 Å². The summed E-state index contributed by atoms with van der Waals surface area (Å²) in [6, 6.07) is 11.2. The van der Waals surface area contributed by atoms with Gasteiger partial charge in [-0.15, -0.1) is 0 Å². The summed E-state index contributed by atoms with van der Waals surface area (Å²) >= 11 is 5.13. The molecular formula is C15H14N4OS. The SMILES string of the molecule is CCn1c(NC(=O)c2ccc[nH]c2=S)nc2ccccc21. The summed E-state index contributed by atoms with van der Waals surface area (Å²) in [6.45, 7) is 2.73. The van der Waals surface area contributed by atoms with E-state index < -0.39 is 0 Å². The monoisotopic (exact) mass is 298 g/mol. The molecule has 0 unspecified atom stereocenters. The summed E-state index contributed by atoms with van der Waals surface area (Å²) in [4.78, 5) is 19.6. The number of anilines is 1. The summed E-state index contributed by atoms with van der Waals surface area (Å²) in [6.07, 6.45) is 1.69. The number of aromatic nitrogens is 3. The molecule has 0 aliphatic rings. The molecule has 0 aliphatic heterocycles. The zero-order chi connectivity index (χ0) is 14.8. The Morgan fingerprint density at radius 1 is 1.33 bits per heavy atom. The van der Waals surface area contributed by atoms with Crippen molar-refractivity contribution in [3.8, 4) is 0 Å². The van der Waals surface area contributed by atoms with Crippen molar-refractivity contribution in [2.24, 2.45) is 0 Å². The molecule has 5 nitrogen and oxygen atoms in total. The van der Waals surface area contributed by atoms with Crippen molar-refractivity contribution in [2.75, 3.05) is 5.32 Å². The number of para-hydroxylation sites is 2. The minimum Gasteiger partial charge on any atom is -0.352 e. The predicted octanol–water partition coefficient (Wildman–Crippen LogP) is 3.37. The fourth-order valence-corrected chi connectivity index (χ4v) is 2.49. The molecule has 3 rings (SSSR count). The van der Waals surface area contributed by atoms with E-state index in [9.17, 15) is 4.79 Å². The Bertz CT molecular complexity index is 865. The molecule has 1 aromatic carbocycles. The van der Waals surface area contributed by atoms with Crippen LogP contribution in [0.1, 0.15) is 17.3 Å². The normalized spacial score (nSPS) is 10.7. The highest BCUT2D eigenvalue weighted by molar-refractivity contribution is 7.71. The van der Waals surface area contributed by atoms with Crippen molar-refractivity contribution < 1.29 is 4.79 Å². The molecule has 6 heteroatoms. The molecule has 0 fully saturated rings. The summed E-state index contributed by atoms with van der Waals surface area (Å²) < 4.78 is 2.37. The van der Waals surface area contributed by atoms with Crippen LogP contribution in [0.3, 0.4) is 0 Å². The first kappa shape index (κ1) is 13.5. The molecule has 0 atom stereocenters. The lowest BCUT2D eigenvalue weighted by atomic mass is 10.3. The molecule has 0 saturated heterocycles. The topological polar surface area (TPSA) is 62.7 Å². The molecular weight excluding hydrogens is 284 g/mol. The largest absolute Gasteiger partial charge is 0.352 e. The Kier molecular flexibility index (Phi) is 3.53. The summed E-state index contributed by atoms with van der Waals surface area (Å²) in [7, 11) is 0. The van der Waals surface area contributed by atoms with Gasteiger partial charge in [-0.05, 0) is 31.2 Å². The number of aromatic amines is 1. The molecule has 1 amide bonds. The van der Waals surface area contributed by atoms with Crippen LogP contribution >= 0.6 is 12.2 Å². The smallest absolute Gasteiger partial charge is 0.260 e. The van der Waals surface area contributed by atoms with Crippen LogP contribution in [0.5, 0.6) is 0 Å². The Morgan fingerprint density at radius 2 is 2.14 bits per heavy atom. The van der Waals surface area contributed by atoms with Crippen molar-refractivity contribution in [3.05, 3.63) is 52.8 Å². The lowest BCUT2D eigenvalue weighted by Crippen LogP contribution is -2.16. The third-order valence-electron chi connectivity index (χ3n) is 3.26. The number of fused-ring (bicyclic) bond motifs is 1. The Labute approximate surface area is 126 Å². The van der Waals surface area contributed by atoms with Gasteiger partial charge >= 0.3 is 0 Å². The van der Waals surface area contributed by atoms with Gasteiger partial charge in [-0.2, -0.15) is 0 Å². The van der Waals surface area contributed by atoms with Crippen LogP contribution in [0, 0.1) is 4.64 Å². The number of nitrogens with zero attached hydrogens (tertiary/aromatic N) is 2. The number of amides is 1. The van der Waals surface area contributed by atoms with E-state index in [1.54, 1.807) is 18.3 Å². The van der Waals surface area contributed by atoms with Crippen molar-refractivity contribution in [1.82, 2.24) is 14.5 Å². The van der Waals surface area contributed by atoms with Gasteiger partial charge in [0.1, 0.15) is 4.64 Å². The number of rotatable bonds is 3. The first-order chi connectivity index (χ1) is 10.2. The number of carbonyl (C=O) groups is 1. The second kappa shape index (κ2) is 5.49. The molecule has 0 aliphatic carbocycles. The first-order valence-electron chi connectivity index (χ1n) is 6.65. The van der Waals surface area contributed by atoms with E-state index in [2.05, 4.69) is 15.3 Å². The highest BCUT2D eigenvalue weighted by Gasteiger charge is 2.14. The summed E-state index contributed by atoms with van der Waals surface area (Å²) in [5, 5.41) is 2.83. The van der Waals surface area contributed by atoms with Crippen molar-refractivity contribution >= 4 is 35.1 Å². The molecule has 21 heavy (non-hydrogen) atoms.